The summed E-state index contributed by atoms with van der Waals surface area (Å²) < 4.78 is 44.7. The number of hydrogen-bond acceptors (Lipinski definition) is 7. The Bertz CT molecular complexity index is 1180. The Hall–Kier alpha value is -2.91. The lowest BCUT2D eigenvalue weighted by Crippen LogP contribution is -2.39. The first kappa shape index (κ1) is 21.3. The van der Waals surface area contributed by atoms with Crippen molar-refractivity contribution in [1.82, 2.24) is 14.5 Å². The summed E-state index contributed by atoms with van der Waals surface area (Å²) in [5.41, 5.74) is 1.92. The first-order valence-electron chi connectivity index (χ1n) is 10.1. The second-order valence-corrected chi connectivity index (χ2v) is 9.39. The van der Waals surface area contributed by atoms with Crippen LogP contribution in [0, 0.1) is 6.92 Å². The van der Waals surface area contributed by atoms with Gasteiger partial charge in [0.2, 0.25) is 21.8 Å². The lowest BCUT2D eigenvalue weighted by atomic mass is 10.00. The van der Waals surface area contributed by atoms with Crippen LogP contribution >= 0.6 is 0 Å². The topological polar surface area (TPSA) is 94.8 Å². The predicted molar refractivity (Wildman–Crippen MR) is 115 cm³/mol. The van der Waals surface area contributed by atoms with Crippen LogP contribution in [-0.2, 0) is 10.0 Å². The minimum absolute atomic E-state index is 0.0844. The molecule has 0 saturated carbocycles. The quantitative estimate of drug-likeness (QED) is 0.574. The lowest BCUT2D eigenvalue weighted by molar-refractivity contribution is 0.285. The van der Waals surface area contributed by atoms with Gasteiger partial charge in [-0.15, -0.1) is 10.2 Å². The summed E-state index contributed by atoms with van der Waals surface area (Å²) in [7, 11) is -0.845. The van der Waals surface area contributed by atoms with Gasteiger partial charge in [0.05, 0.1) is 20.1 Å². The summed E-state index contributed by atoms with van der Waals surface area (Å²) >= 11 is 0. The van der Waals surface area contributed by atoms with Gasteiger partial charge in [-0.05, 0) is 43.5 Å². The minimum atomic E-state index is -3.79. The van der Waals surface area contributed by atoms with Gasteiger partial charge in [-0.2, -0.15) is 4.31 Å². The van der Waals surface area contributed by atoms with Crippen LogP contribution in [0.25, 0.3) is 11.5 Å². The second kappa shape index (κ2) is 8.68. The van der Waals surface area contributed by atoms with Crippen LogP contribution < -0.4 is 9.47 Å². The normalized spacial score (nSPS) is 17.5. The van der Waals surface area contributed by atoms with Crippen molar-refractivity contribution in [2.75, 3.05) is 27.3 Å². The van der Waals surface area contributed by atoms with Crippen molar-refractivity contribution in [3.63, 3.8) is 0 Å². The molecule has 31 heavy (non-hydrogen) atoms. The molecule has 0 bridgehead atoms. The van der Waals surface area contributed by atoms with Crippen molar-refractivity contribution in [3.8, 4) is 23.0 Å². The van der Waals surface area contributed by atoms with E-state index >= 15 is 0 Å². The number of nitrogens with zero attached hydrogens (tertiary/aromatic N) is 3. The van der Waals surface area contributed by atoms with Crippen LogP contribution in [-0.4, -0.2) is 50.2 Å². The molecular weight excluding hydrogens is 418 g/mol. The Morgan fingerprint density at radius 2 is 1.90 bits per heavy atom. The molecule has 1 aliphatic rings. The minimum Gasteiger partial charge on any atom is -0.497 e. The van der Waals surface area contributed by atoms with Gasteiger partial charge in [-0.3, -0.25) is 0 Å². The molecule has 8 nitrogen and oxygen atoms in total. The van der Waals surface area contributed by atoms with E-state index in [1.54, 1.807) is 12.1 Å². The van der Waals surface area contributed by atoms with Gasteiger partial charge in [0.25, 0.3) is 0 Å². The highest BCUT2D eigenvalue weighted by molar-refractivity contribution is 7.89. The van der Waals surface area contributed by atoms with Crippen molar-refractivity contribution in [2.45, 2.75) is 30.6 Å². The third-order valence-corrected chi connectivity index (χ3v) is 7.42. The van der Waals surface area contributed by atoms with Crippen LogP contribution in [0.5, 0.6) is 11.5 Å². The maximum atomic E-state index is 13.4. The summed E-state index contributed by atoms with van der Waals surface area (Å²) in [6, 6.07) is 12.5. The second-order valence-electron chi connectivity index (χ2n) is 7.48. The Labute approximate surface area is 181 Å². The average Bonchev–Trinajstić information content (AvgIpc) is 3.29. The number of ether oxygens (including phenoxy) is 2. The zero-order valence-corrected chi connectivity index (χ0v) is 18.6. The standard InChI is InChI=1S/C22H25N3O5S/c1-15-7-4-5-9-18(15)22-24-23-21(30-22)16-8-6-12-25(14-16)31(26,27)20-13-17(28-2)10-11-19(20)29-3/h4-5,7,9-11,13,16H,6,8,12,14H2,1-3H3. The van der Waals surface area contributed by atoms with E-state index in [1.165, 1.54) is 24.6 Å². The highest BCUT2D eigenvalue weighted by Crippen LogP contribution is 2.35. The lowest BCUT2D eigenvalue weighted by Gasteiger charge is -2.30. The molecule has 2 aromatic carbocycles. The van der Waals surface area contributed by atoms with E-state index < -0.39 is 10.0 Å². The molecule has 4 rings (SSSR count). The molecule has 1 aliphatic heterocycles. The average molecular weight is 444 g/mol. The fourth-order valence-electron chi connectivity index (χ4n) is 3.81. The van der Waals surface area contributed by atoms with E-state index in [0.717, 1.165) is 17.5 Å². The Kier molecular flexibility index (Phi) is 5.97. The van der Waals surface area contributed by atoms with Gasteiger partial charge < -0.3 is 13.9 Å². The molecular formula is C22H25N3O5S. The van der Waals surface area contributed by atoms with Crippen LogP contribution in [0.2, 0.25) is 0 Å². The van der Waals surface area contributed by atoms with Gasteiger partial charge in [-0.25, -0.2) is 8.42 Å². The molecule has 1 aromatic heterocycles. The Morgan fingerprint density at radius 1 is 1.10 bits per heavy atom. The Morgan fingerprint density at radius 3 is 2.65 bits per heavy atom. The van der Waals surface area contributed by atoms with Crippen molar-refractivity contribution in [1.29, 1.82) is 0 Å². The molecule has 0 amide bonds. The molecule has 0 N–H and O–H groups in total. The molecule has 2 heterocycles. The van der Waals surface area contributed by atoms with Crippen molar-refractivity contribution in [3.05, 3.63) is 53.9 Å². The number of rotatable bonds is 6. The van der Waals surface area contributed by atoms with E-state index in [2.05, 4.69) is 10.2 Å². The van der Waals surface area contributed by atoms with Gasteiger partial charge in [0, 0.05) is 24.7 Å². The number of piperidine rings is 1. The third-order valence-electron chi connectivity index (χ3n) is 5.54. The largest absolute Gasteiger partial charge is 0.497 e. The van der Waals surface area contributed by atoms with Gasteiger partial charge in [0.15, 0.2) is 0 Å². The summed E-state index contributed by atoms with van der Waals surface area (Å²) in [5, 5.41) is 8.42. The summed E-state index contributed by atoms with van der Waals surface area (Å²) in [6.07, 6.45) is 1.47. The molecule has 1 unspecified atom stereocenters. The molecule has 3 aromatic rings. The third kappa shape index (κ3) is 4.15. The number of aryl methyl sites for hydroxylation is 1. The first-order chi connectivity index (χ1) is 14.9. The van der Waals surface area contributed by atoms with Crippen molar-refractivity contribution >= 4 is 10.0 Å². The highest BCUT2D eigenvalue weighted by Gasteiger charge is 2.35. The molecule has 1 fully saturated rings. The van der Waals surface area contributed by atoms with Crippen LogP contribution in [0.4, 0.5) is 0 Å². The summed E-state index contributed by atoms with van der Waals surface area (Å²) in [4.78, 5) is 0.0844. The fourth-order valence-corrected chi connectivity index (χ4v) is 5.50. The predicted octanol–water partition coefficient (Wildman–Crippen LogP) is 3.63. The van der Waals surface area contributed by atoms with E-state index in [9.17, 15) is 8.42 Å². The maximum absolute atomic E-state index is 13.4. The molecule has 1 saturated heterocycles. The van der Waals surface area contributed by atoms with E-state index in [0.29, 0.717) is 30.5 Å². The van der Waals surface area contributed by atoms with E-state index in [1.807, 2.05) is 31.2 Å². The van der Waals surface area contributed by atoms with E-state index in [-0.39, 0.29) is 23.1 Å². The van der Waals surface area contributed by atoms with Crippen LogP contribution in [0.3, 0.4) is 0 Å². The maximum Gasteiger partial charge on any atom is 0.248 e. The fraction of sp³-hybridized carbons (Fsp3) is 0.364. The smallest absolute Gasteiger partial charge is 0.248 e. The number of aromatic nitrogens is 2. The summed E-state index contributed by atoms with van der Waals surface area (Å²) in [5.74, 6) is 1.46. The zero-order chi connectivity index (χ0) is 22.0. The number of methoxy groups -OCH3 is 2. The summed E-state index contributed by atoms with van der Waals surface area (Å²) in [6.45, 7) is 2.66. The highest BCUT2D eigenvalue weighted by atomic mass is 32.2. The monoisotopic (exact) mass is 443 g/mol. The first-order valence-corrected chi connectivity index (χ1v) is 11.5. The van der Waals surface area contributed by atoms with Crippen molar-refractivity contribution < 1.29 is 22.3 Å². The van der Waals surface area contributed by atoms with Gasteiger partial charge in [0.1, 0.15) is 16.4 Å². The van der Waals surface area contributed by atoms with Crippen LogP contribution in [0.15, 0.2) is 51.8 Å². The SMILES string of the molecule is COc1ccc(OC)c(S(=O)(=O)N2CCCC(c3nnc(-c4ccccc4C)o3)C2)c1. The number of sulfonamides is 1. The molecule has 0 aliphatic carbocycles. The number of hydrogen-bond donors (Lipinski definition) is 0. The molecule has 9 heteroatoms. The molecule has 0 radical (unpaired) electrons. The van der Waals surface area contributed by atoms with Gasteiger partial charge >= 0.3 is 0 Å². The van der Waals surface area contributed by atoms with Gasteiger partial charge in [-0.1, -0.05) is 18.2 Å². The Balaban J connectivity index is 1.60. The zero-order valence-electron chi connectivity index (χ0n) is 17.7. The van der Waals surface area contributed by atoms with Crippen molar-refractivity contribution in [2.24, 2.45) is 0 Å². The molecule has 164 valence electrons. The van der Waals surface area contributed by atoms with Crippen LogP contribution in [0.1, 0.15) is 30.2 Å². The molecule has 0 spiro atoms. The number of benzene rings is 2. The van der Waals surface area contributed by atoms with E-state index in [4.69, 9.17) is 13.9 Å². The molecule has 1 atom stereocenters.